The lowest BCUT2D eigenvalue weighted by Crippen LogP contribution is -2.15. The molecule has 9 heteroatoms. The van der Waals surface area contributed by atoms with E-state index in [9.17, 15) is 14.7 Å². The zero-order valence-electron chi connectivity index (χ0n) is 11.2. The molecule has 0 saturated heterocycles. The van der Waals surface area contributed by atoms with E-state index in [1.54, 1.807) is 0 Å². The van der Waals surface area contributed by atoms with Gasteiger partial charge in [-0.2, -0.15) is 0 Å². The Balaban J connectivity index is 4.79. The number of carbonyl (C=O) groups is 2. The van der Waals surface area contributed by atoms with Crippen LogP contribution in [0.15, 0.2) is 23.7 Å². The lowest BCUT2D eigenvalue weighted by Gasteiger charge is -2.08. The minimum Gasteiger partial charge on any atom is -0.502 e. The Bertz CT molecular complexity index is 386. The Morgan fingerprint density at radius 2 is 1.24 bits per heavy atom. The third kappa shape index (κ3) is 8.63. The van der Waals surface area contributed by atoms with Crippen LogP contribution in [0, 0.1) is 0 Å². The molecule has 0 aliphatic heterocycles. The summed E-state index contributed by atoms with van der Waals surface area (Å²) in [6, 6.07) is 0. The summed E-state index contributed by atoms with van der Waals surface area (Å²) < 4.78 is 13.9. The Labute approximate surface area is 120 Å². The first-order chi connectivity index (χ1) is 10.1. The average molecular weight is 306 g/mol. The van der Waals surface area contributed by atoms with E-state index in [1.807, 2.05) is 0 Å². The highest BCUT2D eigenvalue weighted by Crippen LogP contribution is 2.04. The van der Waals surface area contributed by atoms with Gasteiger partial charge < -0.3 is 34.6 Å². The van der Waals surface area contributed by atoms with Gasteiger partial charge in [0.15, 0.2) is 0 Å². The normalized spacial score (nSPS) is 12.0. The third-order valence-electron chi connectivity index (χ3n) is 1.80. The van der Waals surface area contributed by atoms with Gasteiger partial charge in [-0.15, -0.1) is 0 Å². The van der Waals surface area contributed by atoms with Gasteiger partial charge in [-0.25, -0.2) is 9.59 Å². The van der Waals surface area contributed by atoms with Gasteiger partial charge in [0.2, 0.25) is 11.5 Å². The van der Waals surface area contributed by atoms with E-state index in [0.717, 1.165) is 12.2 Å². The van der Waals surface area contributed by atoms with Gasteiger partial charge in [-0.05, 0) is 12.2 Å². The number of carbonyl (C=O) groups excluding carboxylic acids is 2. The van der Waals surface area contributed by atoms with Gasteiger partial charge in [0.25, 0.3) is 0 Å². The molecule has 0 aliphatic rings. The number of aliphatic hydroxyl groups is 4. The molecule has 0 spiro atoms. The highest BCUT2D eigenvalue weighted by molar-refractivity contribution is 5.88. The minimum atomic E-state index is -1.09. The summed E-state index contributed by atoms with van der Waals surface area (Å²) >= 11 is 0. The lowest BCUT2D eigenvalue weighted by atomic mass is 10.3. The summed E-state index contributed by atoms with van der Waals surface area (Å²) in [6.07, 6.45) is 1.79. The van der Waals surface area contributed by atoms with Crippen molar-refractivity contribution in [2.75, 3.05) is 39.6 Å². The highest BCUT2D eigenvalue weighted by atomic mass is 16.6. The average Bonchev–Trinajstić information content (AvgIpc) is 2.49. The largest absolute Gasteiger partial charge is 0.502 e. The summed E-state index contributed by atoms with van der Waals surface area (Å²) in [5.41, 5.74) is 0. The molecule has 0 aromatic heterocycles. The maximum atomic E-state index is 11.5. The van der Waals surface area contributed by atoms with E-state index in [2.05, 4.69) is 9.47 Å². The fourth-order valence-electron chi connectivity index (χ4n) is 0.975. The quantitative estimate of drug-likeness (QED) is 0.162. The fourth-order valence-corrected chi connectivity index (χ4v) is 0.975. The van der Waals surface area contributed by atoms with Crippen molar-refractivity contribution in [1.29, 1.82) is 0 Å². The van der Waals surface area contributed by atoms with E-state index in [4.69, 9.17) is 20.1 Å². The van der Waals surface area contributed by atoms with E-state index in [1.165, 1.54) is 0 Å². The molecule has 0 bridgehead atoms. The van der Waals surface area contributed by atoms with Crippen molar-refractivity contribution in [1.82, 2.24) is 0 Å². The fraction of sp³-hybridized carbons (Fsp3) is 0.500. The molecule has 0 aromatic rings. The van der Waals surface area contributed by atoms with Crippen LogP contribution in [0.25, 0.3) is 0 Å². The molecule has 21 heavy (non-hydrogen) atoms. The second-order valence-corrected chi connectivity index (χ2v) is 3.37. The maximum Gasteiger partial charge on any atom is 0.373 e. The molecule has 0 amide bonds. The van der Waals surface area contributed by atoms with Crippen molar-refractivity contribution in [2.45, 2.75) is 0 Å². The standard InChI is InChI=1S/C12H18O9/c13-3-6-19-10(12(18)21-8-5-15)2-1-9(16)11(17)20-7-4-14/h1-2,13-16H,3-8H2/b9-1-,10-2-. The Hall–Kier alpha value is -2.10. The predicted molar refractivity (Wildman–Crippen MR) is 67.9 cm³/mol. The first-order valence-corrected chi connectivity index (χ1v) is 5.97. The number of hydrogen-bond donors (Lipinski definition) is 4. The van der Waals surface area contributed by atoms with Crippen molar-refractivity contribution >= 4 is 11.9 Å². The summed E-state index contributed by atoms with van der Waals surface area (Å²) in [4.78, 5) is 22.7. The van der Waals surface area contributed by atoms with Crippen LogP contribution in [0.3, 0.4) is 0 Å². The molecular weight excluding hydrogens is 288 g/mol. The Morgan fingerprint density at radius 3 is 1.76 bits per heavy atom. The van der Waals surface area contributed by atoms with Crippen LogP contribution in [-0.2, 0) is 23.8 Å². The number of rotatable bonds is 10. The zero-order chi connectivity index (χ0) is 16.1. The van der Waals surface area contributed by atoms with Gasteiger partial charge in [0.05, 0.1) is 19.8 Å². The molecule has 4 N–H and O–H groups in total. The van der Waals surface area contributed by atoms with Crippen LogP contribution in [0.4, 0.5) is 0 Å². The van der Waals surface area contributed by atoms with E-state index in [0.29, 0.717) is 0 Å². The smallest absolute Gasteiger partial charge is 0.373 e. The van der Waals surface area contributed by atoms with Crippen molar-refractivity contribution in [2.24, 2.45) is 0 Å². The summed E-state index contributed by atoms with van der Waals surface area (Å²) in [5, 5.41) is 35.0. The summed E-state index contributed by atoms with van der Waals surface area (Å²) in [6.45, 7) is -1.89. The highest BCUT2D eigenvalue weighted by Gasteiger charge is 2.13. The van der Waals surface area contributed by atoms with Crippen LogP contribution in [0.5, 0.6) is 0 Å². The second kappa shape index (κ2) is 11.7. The molecule has 0 radical (unpaired) electrons. The van der Waals surface area contributed by atoms with Gasteiger partial charge in [-0.1, -0.05) is 0 Å². The van der Waals surface area contributed by atoms with Crippen molar-refractivity contribution in [3.8, 4) is 0 Å². The van der Waals surface area contributed by atoms with E-state index < -0.39 is 24.3 Å². The summed E-state index contributed by atoms with van der Waals surface area (Å²) in [5.74, 6) is -3.22. The molecule has 0 aliphatic carbocycles. The Kier molecular flexibility index (Phi) is 10.5. The predicted octanol–water partition coefficient (Wildman–Crippen LogP) is -1.61. The van der Waals surface area contributed by atoms with Crippen LogP contribution in [0.1, 0.15) is 0 Å². The molecule has 0 unspecified atom stereocenters. The first-order valence-electron chi connectivity index (χ1n) is 5.97. The summed E-state index contributed by atoms with van der Waals surface area (Å²) in [7, 11) is 0. The van der Waals surface area contributed by atoms with Crippen molar-refractivity contribution < 1.29 is 44.2 Å². The number of allylic oxidation sites excluding steroid dienone is 2. The molecule has 0 fully saturated rings. The van der Waals surface area contributed by atoms with Gasteiger partial charge in [-0.3, -0.25) is 0 Å². The molecule has 0 aromatic carbocycles. The number of hydrogen-bond acceptors (Lipinski definition) is 9. The zero-order valence-corrected chi connectivity index (χ0v) is 11.2. The lowest BCUT2D eigenvalue weighted by molar-refractivity contribution is -0.144. The second-order valence-electron chi connectivity index (χ2n) is 3.37. The molecule has 120 valence electrons. The molecule has 0 heterocycles. The van der Waals surface area contributed by atoms with Crippen LogP contribution >= 0.6 is 0 Å². The number of aliphatic hydroxyl groups excluding tert-OH is 4. The Morgan fingerprint density at radius 1 is 0.762 bits per heavy atom. The SMILES string of the molecule is O=C(OCCO)/C(O)=C/C=C(\OCCO)C(=O)OCCO. The monoisotopic (exact) mass is 306 g/mol. The molecule has 0 saturated carbocycles. The molecule has 9 nitrogen and oxygen atoms in total. The number of esters is 2. The van der Waals surface area contributed by atoms with Gasteiger partial charge in [0, 0.05) is 0 Å². The van der Waals surface area contributed by atoms with Crippen molar-refractivity contribution in [3.05, 3.63) is 23.7 Å². The van der Waals surface area contributed by atoms with E-state index >= 15 is 0 Å². The first kappa shape index (κ1) is 18.9. The van der Waals surface area contributed by atoms with Gasteiger partial charge in [0.1, 0.15) is 19.8 Å². The minimum absolute atomic E-state index is 0.205. The van der Waals surface area contributed by atoms with Crippen LogP contribution < -0.4 is 0 Å². The molecule has 0 atom stereocenters. The number of ether oxygens (including phenoxy) is 3. The van der Waals surface area contributed by atoms with Crippen molar-refractivity contribution in [3.63, 3.8) is 0 Å². The third-order valence-corrected chi connectivity index (χ3v) is 1.80. The van der Waals surface area contributed by atoms with Gasteiger partial charge >= 0.3 is 11.9 Å². The van der Waals surface area contributed by atoms with E-state index in [-0.39, 0.29) is 38.8 Å². The maximum absolute atomic E-state index is 11.5. The molecule has 0 rings (SSSR count). The van der Waals surface area contributed by atoms with Crippen LogP contribution in [-0.4, -0.2) is 72.0 Å². The topological polar surface area (TPSA) is 143 Å². The van der Waals surface area contributed by atoms with Crippen LogP contribution in [0.2, 0.25) is 0 Å². The molecular formula is C12H18O9.